The van der Waals surface area contributed by atoms with E-state index in [-0.39, 0.29) is 16.3 Å². The molecule has 0 amide bonds. The molecule has 0 bridgehead atoms. The second-order valence-corrected chi connectivity index (χ2v) is 19.1. The molecule has 1 heterocycles. The molecule has 4 nitrogen and oxygen atoms in total. The van der Waals surface area contributed by atoms with Crippen LogP contribution in [0.2, 0.25) is 18.1 Å². The van der Waals surface area contributed by atoms with Crippen LogP contribution in [-0.2, 0) is 9.22 Å². The third kappa shape index (κ3) is 8.07. The molecule has 3 rings (SSSR count). The zero-order chi connectivity index (χ0) is 26.6. The summed E-state index contributed by atoms with van der Waals surface area (Å²) >= 11 is 6.75. The topological polar surface area (TPSA) is 49.8 Å². The first-order chi connectivity index (χ1) is 16.8. The number of nitrogens with zero attached hydrogens (tertiary/aromatic N) is 1. The van der Waals surface area contributed by atoms with Crippen molar-refractivity contribution in [1.82, 2.24) is 4.90 Å². The Morgan fingerprint density at radius 3 is 2.44 bits per heavy atom. The molecular formula is C30H54ClNO3Si. The molecule has 3 aliphatic rings. The summed E-state index contributed by atoms with van der Waals surface area (Å²) in [6.07, 6.45) is 19.1. The monoisotopic (exact) mass is 539 g/mol. The lowest BCUT2D eigenvalue weighted by atomic mass is 9.61. The molecule has 36 heavy (non-hydrogen) atoms. The molecule has 3 fully saturated rings. The second-order valence-electron chi connectivity index (χ2n) is 13.8. The lowest BCUT2D eigenvalue weighted by Crippen LogP contribution is -2.52. The Morgan fingerprint density at radius 2 is 1.89 bits per heavy atom. The van der Waals surface area contributed by atoms with Crippen molar-refractivity contribution in [2.45, 2.75) is 140 Å². The van der Waals surface area contributed by atoms with Gasteiger partial charge in [-0.05, 0) is 100 Å². The van der Waals surface area contributed by atoms with Crippen LogP contribution >= 0.6 is 11.6 Å². The number of alkyl halides is 1. The summed E-state index contributed by atoms with van der Waals surface area (Å²) in [5, 5.41) is 9.52. The highest BCUT2D eigenvalue weighted by Gasteiger charge is 2.50. The van der Waals surface area contributed by atoms with Gasteiger partial charge < -0.3 is 9.53 Å². The first-order valence-corrected chi connectivity index (χ1v) is 18.1. The largest absolute Gasteiger partial charge is 0.481 e. The summed E-state index contributed by atoms with van der Waals surface area (Å²) in [7, 11) is -1.82. The number of rotatable bonds is 15. The molecule has 1 N–H and O–H groups in total. The minimum absolute atomic E-state index is 0.208. The van der Waals surface area contributed by atoms with Gasteiger partial charge in [0.25, 0.3) is 0 Å². The minimum Gasteiger partial charge on any atom is -0.481 e. The van der Waals surface area contributed by atoms with Gasteiger partial charge in [-0.3, -0.25) is 9.69 Å². The fourth-order valence-corrected chi connectivity index (χ4v) is 7.75. The molecule has 208 valence electrons. The average molecular weight is 540 g/mol. The second kappa shape index (κ2) is 12.7. The highest BCUT2D eigenvalue weighted by Crippen LogP contribution is 2.56. The Kier molecular flexibility index (Phi) is 10.6. The quantitative estimate of drug-likeness (QED) is 0.129. The summed E-state index contributed by atoms with van der Waals surface area (Å²) in [5.74, 6) is -0.0253. The van der Waals surface area contributed by atoms with Crippen LogP contribution in [0.3, 0.4) is 0 Å². The summed E-state index contributed by atoms with van der Waals surface area (Å²) < 4.78 is 7.22. The van der Waals surface area contributed by atoms with E-state index in [1.807, 2.05) is 0 Å². The van der Waals surface area contributed by atoms with Gasteiger partial charge in [-0.15, -0.1) is 11.6 Å². The van der Waals surface area contributed by atoms with Crippen molar-refractivity contribution in [2.24, 2.45) is 17.3 Å². The molecule has 2 saturated carbocycles. The van der Waals surface area contributed by atoms with Crippen molar-refractivity contribution >= 4 is 25.9 Å². The number of halogens is 1. The Hall–Kier alpha value is -0.363. The van der Waals surface area contributed by atoms with Crippen LogP contribution in [0.15, 0.2) is 12.2 Å². The summed E-state index contributed by atoms with van der Waals surface area (Å²) in [6, 6.07) is 0.392. The maximum atomic E-state index is 11.0. The highest BCUT2D eigenvalue weighted by molar-refractivity contribution is 6.74. The highest BCUT2D eigenvalue weighted by atomic mass is 35.5. The Bertz CT molecular complexity index is 741. The number of aliphatic carboxylic acids is 1. The van der Waals surface area contributed by atoms with Gasteiger partial charge in [0.2, 0.25) is 0 Å². The number of carboxylic acid groups (broad SMARTS) is 1. The summed E-state index contributed by atoms with van der Waals surface area (Å²) in [4.78, 5) is 13.6. The average Bonchev–Trinajstić information content (AvgIpc) is 3.51. The molecule has 0 aromatic heterocycles. The van der Waals surface area contributed by atoms with E-state index in [2.05, 4.69) is 50.9 Å². The third-order valence-electron chi connectivity index (χ3n) is 9.89. The summed E-state index contributed by atoms with van der Waals surface area (Å²) in [6.45, 7) is 16.0. The first kappa shape index (κ1) is 30.2. The molecule has 0 spiro atoms. The Morgan fingerprint density at radius 1 is 1.19 bits per heavy atom. The van der Waals surface area contributed by atoms with Crippen molar-refractivity contribution < 1.29 is 14.3 Å². The predicted molar refractivity (Wildman–Crippen MR) is 154 cm³/mol. The predicted octanol–water partition coefficient (Wildman–Crippen LogP) is 8.26. The van der Waals surface area contributed by atoms with E-state index in [0.717, 1.165) is 38.3 Å². The molecule has 4 atom stereocenters. The van der Waals surface area contributed by atoms with E-state index in [9.17, 15) is 4.79 Å². The fraction of sp³-hybridized carbons (Fsp3) is 0.900. The SMILES string of the molecule is CC(CCC=CC[C@@H]1[C@H](Cl)CCN1CCCC(O[Si](C)(C)C(C)(C)C)C1(CC2CC2)CCC1)C(=O)O. The van der Waals surface area contributed by atoms with Crippen molar-refractivity contribution in [2.75, 3.05) is 13.1 Å². The molecule has 1 saturated heterocycles. The molecule has 1 aliphatic heterocycles. The van der Waals surface area contributed by atoms with Crippen LogP contribution in [-0.4, -0.2) is 54.9 Å². The van der Waals surface area contributed by atoms with Crippen LogP contribution in [0.4, 0.5) is 0 Å². The van der Waals surface area contributed by atoms with Crippen LogP contribution in [0.5, 0.6) is 0 Å². The van der Waals surface area contributed by atoms with E-state index < -0.39 is 14.3 Å². The normalized spacial score (nSPS) is 26.8. The molecule has 6 heteroatoms. The van der Waals surface area contributed by atoms with Gasteiger partial charge in [-0.1, -0.05) is 59.1 Å². The molecule has 0 aromatic rings. The van der Waals surface area contributed by atoms with E-state index >= 15 is 0 Å². The van der Waals surface area contributed by atoms with Crippen molar-refractivity contribution in [3.8, 4) is 0 Å². The van der Waals surface area contributed by atoms with Gasteiger partial charge in [0.15, 0.2) is 8.32 Å². The standard InChI is InChI=1S/C30H54ClNO3Si/c1-23(28(33)34)12-8-7-9-13-26-25(31)17-21-32(26)20-10-14-27(35-36(5,6)29(2,3)4)30(18-11-19-30)22-24-15-16-24/h7,9,23-27H,8,10-22H2,1-6H3,(H,33,34)/t23?,25-,26-,27?/m1/s1. The smallest absolute Gasteiger partial charge is 0.306 e. The van der Waals surface area contributed by atoms with Crippen LogP contribution in [0.1, 0.15) is 105 Å². The number of carboxylic acids is 1. The van der Waals surface area contributed by atoms with Crippen molar-refractivity contribution in [1.29, 1.82) is 0 Å². The van der Waals surface area contributed by atoms with Crippen molar-refractivity contribution in [3.05, 3.63) is 12.2 Å². The van der Waals surface area contributed by atoms with Gasteiger partial charge in [-0.2, -0.15) is 0 Å². The van der Waals surface area contributed by atoms with Crippen molar-refractivity contribution in [3.63, 3.8) is 0 Å². The number of hydrogen-bond acceptors (Lipinski definition) is 3. The molecule has 0 radical (unpaired) electrons. The molecule has 2 aliphatic carbocycles. The maximum Gasteiger partial charge on any atom is 0.306 e. The van der Waals surface area contributed by atoms with Gasteiger partial charge in [0.1, 0.15) is 0 Å². The van der Waals surface area contributed by atoms with Gasteiger partial charge in [0.05, 0.1) is 17.4 Å². The number of hydrogen-bond donors (Lipinski definition) is 1. The number of likely N-dealkylation sites (tertiary alicyclic amines) is 1. The van der Waals surface area contributed by atoms with E-state index in [0.29, 0.717) is 24.0 Å². The minimum atomic E-state index is -1.82. The lowest BCUT2D eigenvalue weighted by Gasteiger charge is -2.52. The Labute approximate surface area is 227 Å². The zero-order valence-corrected chi connectivity index (χ0v) is 25.8. The molecule has 0 aromatic carbocycles. The Balaban J connectivity index is 1.55. The molecular weight excluding hydrogens is 486 g/mol. The van der Waals surface area contributed by atoms with E-state index in [1.54, 1.807) is 6.92 Å². The van der Waals surface area contributed by atoms with Crippen LogP contribution in [0, 0.1) is 17.3 Å². The first-order valence-electron chi connectivity index (χ1n) is 14.8. The van der Waals surface area contributed by atoms with Crippen LogP contribution in [0.25, 0.3) is 0 Å². The van der Waals surface area contributed by atoms with Gasteiger partial charge in [-0.25, -0.2) is 0 Å². The van der Waals surface area contributed by atoms with E-state index in [4.69, 9.17) is 21.1 Å². The number of carbonyl (C=O) groups is 1. The molecule has 2 unspecified atom stereocenters. The lowest BCUT2D eigenvalue weighted by molar-refractivity contribution is -0.141. The maximum absolute atomic E-state index is 11.0. The third-order valence-corrected chi connectivity index (χ3v) is 14.9. The van der Waals surface area contributed by atoms with E-state index in [1.165, 1.54) is 51.4 Å². The summed E-state index contributed by atoms with van der Waals surface area (Å²) in [5.41, 5.74) is 0.436. The van der Waals surface area contributed by atoms with Gasteiger partial charge >= 0.3 is 5.97 Å². The fourth-order valence-electron chi connectivity index (χ4n) is 5.96. The zero-order valence-electron chi connectivity index (χ0n) is 24.0. The number of allylic oxidation sites excluding steroid dienone is 1. The van der Waals surface area contributed by atoms with Gasteiger partial charge in [0, 0.05) is 6.04 Å². The van der Waals surface area contributed by atoms with Crippen LogP contribution < -0.4 is 0 Å².